The second kappa shape index (κ2) is 6.64. The van der Waals surface area contributed by atoms with Crippen LogP contribution in [0.3, 0.4) is 0 Å². The van der Waals surface area contributed by atoms with Gasteiger partial charge < -0.3 is 14.8 Å². The molecule has 1 aliphatic rings. The first-order chi connectivity index (χ1) is 13.0. The fourth-order valence-electron chi connectivity index (χ4n) is 3.41. The van der Waals surface area contributed by atoms with Crippen LogP contribution < -0.4 is 10.0 Å². The summed E-state index contributed by atoms with van der Waals surface area (Å²) in [6.45, 7) is 0.519. The lowest BCUT2D eigenvalue weighted by atomic mass is 10.1. The number of aliphatic carboxylic acids is 1. The fourth-order valence-corrected chi connectivity index (χ4v) is 3.41. The van der Waals surface area contributed by atoms with E-state index in [0.717, 1.165) is 5.56 Å². The first-order valence-corrected chi connectivity index (χ1v) is 8.54. The second-order valence-electron chi connectivity index (χ2n) is 6.37. The van der Waals surface area contributed by atoms with Crippen LogP contribution in [0.1, 0.15) is 12.8 Å². The van der Waals surface area contributed by atoms with Crippen LogP contribution in [-0.4, -0.2) is 33.4 Å². The largest absolute Gasteiger partial charge is 0.548 e. The maximum Gasteiger partial charge on any atom is 0.270 e. The molecule has 3 aromatic rings. The van der Waals surface area contributed by atoms with Crippen LogP contribution in [0.2, 0.25) is 0 Å². The summed E-state index contributed by atoms with van der Waals surface area (Å²) in [5.41, 5.74) is 1.78. The number of carboxylic acid groups (broad SMARTS) is 1. The highest BCUT2D eigenvalue weighted by Crippen LogP contribution is 2.32. The first kappa shape index (κ1) is 16.9. The summed E-state index contributed by atoms with van der Waals surface area (Å²) in [5, 5.41) is 23.2. The van der Waals surface area contributed by atoms with E-state index in [-0.39, 0.29) is 5.69 Å². The van der Waals surface area contributed by atoms with Gasteiger partial charge in [0.15, 0.2) is 0 Å². The van der Waals surface area contributed by atoms with E-state index < -0.39 is 16.9 Å². The predicted octanol–water partition coefficient (Wildman–Crippen LogP) is 1.92. The SMILES string of the molecule is O=C([O-])C1CCCN1c1nc(-c2ccccc2)c2cc([N+](=O)[O-])ccc2n1. The first-order valence-electron chi connectivity index (χ1n) is 8.54. The molecule has 2 heterocycles. The molecule has 0 saturated carbocycles. The summed E-state index contributed by atoms with van der Waals surface area (Å²) in [7, 11) is 0. The molecule has 1 unspecified atom stereocenters. The second-order valence-corrected chi connectivity index (χ2v) is 6.37. The lowest BCUT2D eigenvalue weighted by Crippen LogP contribution is -2.45. The number of hydrogen-bond acceptors (Lipinski definition) is 7. The van der Waals surface area contributed by atoms with Crippen LogP contribution in [-0.2, 0) is 4.79 Å². The molecule has 0 N–H and O–H groups in total. The zero-order valence-corrected chi connectivity index (χ0v) is 14.2. The van der Waals surface area contributed by atoms with Crippen LogP contribution in [0.4, 0.5) is 11.6 Å². The molecule has 0 radical (unpaired) electrons. The molecule has 4 rings (SSSR count). The molecule has 27 heavy (non-hydrogen) atoms. The Morgan fingerprint density at radius 3 is 2.63 bits per heavy atom. The number of carboxylic acids is 1. The third-order valence-corrected chi connectivity index (χ3v) is 4.71. The van der Waals surface area contributed by atoms with Gasteiger partial charge in [0, 0.05) is 29.6 Å². The molecule has 0 amide bonds. The number of anilines is 1. The van der Waals surface area contributed by atoms with Gasteiger partial charge in [0.1, 0.15) is 0 Å². The van der Waals surface area contributed by atoms with Crippen LogP contribution >= 0.6 is 0 Å². The number of nitrogens with zero attached hydrogens (tertiary/aromatic N) is 4. The Balaban J connectivity index is 1.94. The summed E-state index contributed by atoms with van der Waals surface area (Å²) in [6, 6.07) is 12.9. The minimum atomic E-state index is -1.15. The van der Waals surface area contributed by atoms with Gasteiger partial charge in [0.2, 0.25) is 5.95 Å². The predicted molar refractivity (Wildman–Crippen MR) is 97.0 cm³/mol. The molecule has 0 spiro atoms. The monoisotopic (exact) mass is 363 g/mol. The summed E-state index contributed by atoms with van der Waals surface area (Å²) < 4.78 is 0. The van der Waals surface area contributed by atoms with Gasteiger partial charge in [-0.2, -0.15) is 0 Å². The van der Waals surface area contributed by atoms with E-state index >= 15 is 0 Å². The normalized spacial score (nSPS) is 16.6. The number of rotatable bonds is 4. The Morgan fingerprint density at radius 2 is 1.93 bits per heavy atom. The minimum Gasteiger partial charge on any atom is -0.548 e. The molecule has 0 bridgehead atoms. The minimum absolute atomic E-state index is 0.0511. The maximum atomic E-state index is 11.4. The Bertz CT molecular complexity index is 1040. The Morgan fingerprint density at radius 1 is 1.15 bits per heavy atom. The van der Waals surface area contributed by atoms with Gasteiger partial charge in [0.05, 0.1) is 28.1 Å². The third-order valence-electron chi connectivity index (χ3n) is 4.71. The van der Waals surface area contributed by atoms with Crippen LogP contribution in [0.15, 0.2) is 48.5 Å². The average Bonchev–Trinajstić information content (AvgIpc) is 3.17. The third kappa shape index (κ3) is 3.05. The van der Waals surface area contributed by atoms with Crippen molar-refractivity contribution in [1.82, 2.24) is 9.97 Å². The number of benzene rings is 2. The van der Waals surface area contributed by atoms with Crippen molar-refractivity contribution in [2.75, 3.05) is 11.4 Å². The lowest BCUT2D eigenvalue weighted by Gasteiger charge is -2.26. The Hall–Kier alpha value is -3.55. The van der Waals surface area contributed by atoms with Crippen molar-refractivity contribution in [3.63, 3.8) is 0 Å². The number of aromatic nitrogens is 2. The molecular formula is C19H15N4O4-. The number of carbonyl (C=O) groups excluding carboxylic acids is 1. The highest BCUT2D eigenvalue weighted by Gasteiger charge is 2.28. The van der Waals surface area contributed by atoms with Gasteiger partial charge in [0.25, 0.3) is 5.69 Å². The highest BCUT2D eigenvalue weighted by atomic mass is 16.6. The van der Waals surface area contributed by atoms with Crippen molar-refractivity contribution in [2.45, 2.75) is 18.9 Å². The lowest BCUT2D eigenvalue weighted by molar-refractivity contribution is -0.384. The molecule has 8 nitrogen and oxygen atoms in total. The molecule has 8 heteroatoms. The van der Waals surface area contributed by atoms with Crippen molar-refractivity contribution in [3.8, 4) is 11.3 Å². The molecular weight excluding hydrogens is 348 g/mol. The standard InChI is InChI=1S/C19H16N4O4/c24-18(25)16-7-4-10-22(16)19-20-15-9-8-13(23(26)27)11-14(15)17(21-19)12-5-2-1-3-6-12/h1-3,5-6,8-9,11,16H,4,7,10H2,(H,24,25)/p-1. The number of fused-ring (bicyclic) bond motifs is 1. The summed E-state index contributed by atoms with van der Waals surface area (Å²) >= 11 is 0. The summed E-state index contributed by atoms with van der Waals surface area (Å²) in [6.07, 6.45) is 1.19. The van der Waals surface area contributed by atoms with Crippen molar-refractivity contribution in [3.05, 3.63) is 58.6 Å². The van der Waals surface area contributed by atoms with Gasteiger partial charge in [-0.1, -0.05) is 30.3 Å². The molecule has 1 fully saturated rings. The number of nitro benzene ring substituents is 1. The molecule has 1 saturated heterocycles. The average molecular weight is 363 g/mol. The number of carbonyl (C=O) groups is 1. The van der Waals surface area contributed by atoms with Gasteiger partial charge in [-0.15, -0.1) is 0 Å². The van der Waals surface area contributed by atoms with E-state index in [4.69, 9.17) is 0 Å². The Labute approximate surface area is 154 Å². The van der Waals surface area contributed by atoms with Crippen molar-refractivity contribution < 1.29 is 14.8 Å². The number of hydrogen-bond donors (Lipinski definition) is 0. The molecule has 0 aliphatic carbocycles. The number of non-ortho nitro benzene ring substituents is 1. The molecule has 1 aromatic heterocycles. The Kier molecular flexibility index (Phi) is 4.15. The van der Waals surface area contributed by atoms with Gasteiger partial charge in [-0.3, -0.25) is 10.1 Å². The van der Waals surface area contributed by atoms with Gasteiger partial charge in [-0.25, -0.2) is 9.97 Å². The zero-order valence-electron chi connectivity index (χ0n) is 14.2. The summed E-state index contributed by atoms with van der Waals surface area (Å²) in [4.78, 5) is 32.8. The fraction of sp³-hybridized carbons (Fsp3) is 0.211. The van der Waals surface area contributed by atoms with Gasteiger partial charge in [-0.05, 0) is 18.9 Å². The van der Waals surface area contributed by atoms with Crippen LogP contribution in [0.25, 0.3) is 22.2 Å². The van der Waals surface area contributed by atoms with E-state index in [1.807, 2.05) is 30.3 Å². The van der Waals surface area contributed by atoms with E-state index in [0.29, 0.717) is 41.9 Å². The van der Waals surface area contributed by atoms with Crippen LogP contribution in [0, 0.1) is 10.1 Å². The number of nitro groups is 1. The van der Waals surface area contributed by atoms with Crippen LogP contribution in [0.5, 0.6) is 0 Å². The van der Waals surface area contributed by atoms with Crippen molar-refractivity contribution >= 4 is 28.5 Å². The summed E-state index contributed by atoms with van der Waals surface area (Å²) in [5.74, 6) is -0.858. The van der Waals surface area contributed by atoms with E-state index in [1.165, 1.54) is 12.1 Å². The smallest absolute Gasteiger partial charge is 0.270 e. The van der Waals surface area contributed by atoms with E-state index in [1.54, 1.807) is 11.0 Å². The topological polar surface area (TPSA) is 112 Å². The quantitative estimate of drug-likeness (QED) is 0.514. The van der Waals surface area contributed by atoms with Crippen molar-refractivity contribution in [2.24, 2.45) is 0 Å². The maximum absolute atomic E-state index is 11.4. The van der Waals surface area contributed by atoms with Crippen molar-refractivity contribution in [1.29, 1.82) is 0 Å². The molecule has 2 aromatic carbocycles. The molecule has 1 atom stereocenters. The molecule has 1 aliphatic heterocycles. The highest BCUT2D eigenvalue weighted by molar-refractivity contribution is 5.94. The molecule has 136 valence electrons. The van der Waals surface area contributed by atoms with E-state index in [2.05, 4.69) is 9.97 Å². The zero-order chi connectivity index (χ0) is 19.0. The van der Waals surface area contributed by atoms with E-state index in [9.17, 15) is 20.0 Å². The van der Waals surface area contributed by atoms with Gasteiger partial charge >= 0.3 is 0 Å².